The van der Waals surface area contributed by atoms with Crippen molar-refractivity contribution < 1.29 is 0 Å². The van der Waals surface area contributed by atoms with E-state index in [-0.39, 0.29) is 0 Å². The highest BCUT2D eigenvalue weighted by molar-refractivity contribution is 5.16. The molecule has 0 spiro atoms. The summed E-state index contributed by atoms with van der Waals surface area (Å²) < 4.78 is 0. The molecule has 2 rings (SSSR count). The summed E-state index contributed by atoms with van der Waals surface area (Å²) in [6, 6.07) is 4.77. The Morgan fingerprint density at radius 1 is 1.24 bits per heavy atom. The van der Waals surface area contributed by atoms with E-state index < -0.39 is 0 Å². The summed E-state index contributed by atoms with van der Waals surface area (Å²) in [6.07, 6.45) is 2.00. The van der Waals surface area contributed by atoms with Crippen LogP contribution in [0.15, 0.2) is 18.3 Å². The van der Waals surface area contributed by atoms with Crippen molar-refractivity contribution in [1.29, 1.82) is 0 Å². The lowest BCUT2D eigenvalue weighted by atomic mass is 10.1. The Balaban J connectivity index is 0.000000686. The Hall–Kier alpha value is -0.930. The summed E-state index contributed by atoms with van der Waals surface area (Å²) in [6.45, 7) is 12.8. The van der Waals surface area contributed by atoms with Gasteiger partial charge in [-0.05, 0) is 25.5 Å². The van der Waals surface area contributed by atoms with Crippen LogP contribution >= 0.6 is 0 Å². The number of pyridine rings is 1. The van der Waals surface area contributed by atoms with Gasteiger partial charge in [0.15, 0.2) is 0 Å². The smallest absolute Gasteiger partial charge is 0.0372 e. The summed E-state index contributed by atoms with van der Waals surface area (Å²) in [5, 5.41) is 3.37. The van der Waals surface area contributed by atoms with E-state index in [4.69, 9.17) is 0 Å². The summed E-state index contributed by atoms with van der Waals surface area (Å²) in [5.41, 5.74) is 2.41. The van der Waals surface area contributed by atoms with Crippen LogP contribution in [0.2, 0.25) is 0 Å². The third-order valence-corrected chi connectivity index (χ3v) is 3.12. The summed E-state index contributed by atoms with van der Waals surface area (Å²) >= 11 is 0. The average molecular weight is 235 g/mol. The Labute approximate surface area is 105 Å². The third kappa shape index (κ3) is 4.10. The first-order chi connectivity index (χ1) is 8.27. The molecule has 3 nitrogen and oxygen atoms in total. The topological polar surface area (TPSA) is 28.2 Å². The zero-order valence-corrected chi connectivity index (χ0v) is 11.5. The van der Waals surface area contributed by atoms with Crippen LogP contribution in [0.1, 0.15) is 38.1 Å². The second-order valence-corrected chi connectivity index (χ2v) is 4.19. The van der Waals surface area contributed by atoms with E-state index in [1.807, 2.05) is 27.0 Å². The van der Waals surface area contributed by atoms with Gasteiger partial charge >= 0.3 is 0 Å². The SMILES string of the molecule is CC.Cc1ccc(C(C)N2CCNCC2)cn1. The fourth-order valence-corrected chi connectivity index (χ4v) is 2.01. The first-order valence-electron chi connectivity index (χ1n) is 6.64. The molecule has 0 aromatic carbocycles. The Bertz CT molecular complexity index is 302. The molecule has 1 N–H and O–H groups in total. The van der Waals surface area contributed by atoms with Gasteiger partial charge in [-0.25, -0.2) is 0 Å². The Kier molecular flexibility index (Phi) is 6.16. The van der Waals surface area contributed by atoms with Gasteiger partial charge in [-0.2, -0.15) is 0 Å². The molecule has 0 radical (unpaired) electrons. The van der Waals surface area contributed by atoms with Gasteiger partial charge in [0, 0.05) is 44.1 Å². The number of hydrogen-bond acceptors (Lipinski definition) is 3. The van der Waals surface area contributed by atoms with Gasteiger partial charge in [0.2, 0.25) is 0 Å². The molecule has 0 amide bonds. The number of piperazine rings is 1. The first kappa shape index (κ1) is 14.1. The highest BCUT2D eigenvalue weighted by Gasteiger charge is 2.17. The molecule has 3 heteroatoms. The maximum absolute atomic E-state index is 4.35. The van der Waals surface area contributed by atoms with E-state index in [1.165, 1.54) is 5.56 Å². The predicted molar refractivity (Wildman–Crippen MR) is 73.2 cm³/mol. The zero-order valence-electron chi connectivity index (χ0n) is 11.5. The molecule has 1 aliphatic rings. The molecule has 0 aliphatic carbocycles. The Morgan fingerprint density at radius 3 is 2.41 bits per heavy atom. The van der Waals surface area contributed by atoms with Crippen molar-refractivity contribution in [2.24, 2.45) is 0 Å². The molecule has 1 aromatic heterocycles. The molecule has 1 aromatic rings. The van der Waals surface area contributed by atoms with Gasteiger partial charge < -0.3 is 5.32 Å². The van der Waals surface area contributed by atoms with Crippen molar-refractivity contribution in [2.75, 3.05) is 26.2 Å². The molecule has 1 saturated heterocycles. The lowest BCUT2D eigenvalue weighted by molar-refractivity contribution is 0.185. The largest absolute Gasteiger partial charge is 0.314 e. The first-order valence-corrected chi connectivity index (χ1v) is 6.64. The summed E-state index contributed by atoms with van der Waals surface area (Å²) in [7, 11) is 0. The molecule has 1 unspecified atom stereocenters. The molecule has 1 atom stereocenters. The van der Waals surface area contributed by atoms with Crippen molar-refractivity contribution >= 4 is 0 Å². The molecule has 2 heterocycles. The predicted octanol–water partition coefficient (Wildman–Crippen LogP) is 2.38. The fraction of sp³-hybridized carbons (Fsp3) is 0.643. The maximum Gasteiger partial charge on any atom is 0.0372 e. The van der Waals surface area contributed by atoms with Crippen LogP contribution in [-0.2, 0) is 0 Å². The third-order valence-electron chi connectivity index (χ3n) is 3.12. The highest BCUT2D eigenvalue weighted by atomic mass is 15.2. The van der Waals surface area contributed by atoms with Gasteiger partial charge in [-0.15, -0.1) is 0 Å². The highest BCUT2D eigenvalue weighted by Crippen LogP contribution is 2.19. The molecule has 1 aliphatic heterocycles. The molecule has 0 saturated carbocycles. The number of hydrogen-bond donors (Lipinski definition) is 1. The quantitative estimate of drug-likeness (QED) is 0.853. The van der Waals surface area contributed by atoms with Gasteiger partial charge in [0.25, 0.3) is 0 Å². The number of aromatic nitrogens is 1. The lowest BCUT2D eigenvalue weighted by Gasteiger charge is -2.32. The van der Waals surface area contributed by atoms with E-state index in [0.29, 0.717) is 6.04 Å². The molecular weight excluding hydrogens is 210 g/mol. The van der Waals surface area contributed by atoms with Gasteiger partial charge in [0.05, 0.1) is 0 Å². The molecule has 96 valence electrons. The number of nitrogens with one attached hydrogen (secondary N) is 1. The minimum absolute atomic E-state index is 0.486. The maximum atomic E-state index is 4.35. The molecule has 1 fully saturated rings. The van der Waals surface area contributed by atoms with Crippen LogP contribution in [0, 0.1) is 6.92 Å². The van der Waals surface area contributed by atoms with Crippen molar-refractivity contribution in [3.63, 3.8) is 0 Å². The zero-order chi connectivity index (χ0) is 12.7. The Morgan fingerprint density at radius 2 is 1.88 bits per heavy atom. The van der Waals surface area contributed by atoms with Gasteiger partial charge in [-0.3, -0.25) is 9.88 Å². The van der Waals surface area contributed by atoms with Crippen LogP contribution in [0.4, 0.5) is 0 Å². The fourth-order valence-electron chi connectivity index (χ4n) is 2.01. The minimum Gasteiger partial charge on any atom is -0.314 e. The van der Waals surface area contributed by atoms with Gasteiger partial charge in [0.1, 0.15) is 0 Å². The number of nitrogens with zero attached hydrogens (tertiary/aromatic N) is 2. The van der Waals surface area contributed by atoms with Crippen molar-refractivity contribution in [1.82, 2.24) is 15.2 Å². The minimum atomic E-state index is 0.486. The second-order valence-electron chi connectivity index (χ2n) is 4.19. The molecule has 17 heavy (non-hydrogen) atoms. The second kappa shape index (κ2) is 7.41. The summed E-state index contributed by atoms with van der Waals surface area (Å²) in [5.74, 6) is 0. The van der Waals surface area contributed by atoms with Gasteiger partial charge in [-0.1, -0.05) is 19.9 Å². The van der Waals surface area contributed by atoms with Crippen LogP contribution in [0.3, 0.4) is 0 Å². The van der Waals surface area contributed by atoms with Crippen LogP contribution in [0.25, 0.3) is 0 Å². The van der Waals surface area contributed by atoms with E-state index in [2.05, 4.69) is 34.3 Å². The average Bonchev–Trinajstić information content (AvgIpc) is 2.42. The van der Waals surface area contributed by atoms with E-state index in [0.717, 1.165) is 31.9 Å². The number of rotatable bonds is 2. The van der Waals surface area contributed by atoms with Crippen LogP contribution in [0.5, 0.6) is 0 Å². The van der Waals surface area contributed by atoms with Crippen molar-refractivity contribution in [3.8, 4) is 0 Å². The molecule has 0 bridgehead atoms. The monoisotopic (exact) mass is 235 g/mol. The van der Waals surface area contributed by atoms with E-state index in [9.17, 15) is 0 Å². The molecular formula is C14H25N3. The standard InChI is InChI=1S/C12H19N3.C2H6/c1-10-3-4-12(9-14-10)11(2)15-7-5-13-6-8-15;1-2/h3-4,9,11,13H,5-8H2,1-2H3;1-2H3. The van der Waals surface area contributed by atoms with Crippen molar-refractivity contribution in [2.45, 2.75) is 33.7 Å². The number of aryl methyl sites for hydroxylation is 1. The van der Waals surface area contributed by atoms with Crippen LogP contribution in [-0.4, -0.2) is 36.1 Å². The van der Waals surface area contributed by atoms with E-state index >= 15 is 0 Å². The summed E-state index contributed by atoms with van der Waals surface area (Å²) in [4.78, 5) is 6.86. The van der Waals surface area contributed by atoms with Crippen molar-refractivity contribution in [3.05, 3.63) is 29.6 Å². The van der Waals surface area contributed by atoms with E-state index in [1.54, 1.807) is 0 Å². The lowest BCUT2D eigenvalue weighted by Crippen LogP contribution is -2.44. The van der Waals surface area contributed by atoms with Crippen LogP contribution < -0.4 is 5.32 Å². The normalized spacial score (nSPS) is 18.1.